The summed E-state index contributed by atoms with van der Waals surface area (Å²) in [7, 11) is -3.85. The van der Waals surface area contributed by atoms with Crippen LogP contribution in [0.25, 0.3) is 0 Å². The molecular weight excluding hydrogens is 560 g/mol. The number of unbranched alkanes of at least 4 members (excludes halogenated alkanes) is 1. The van der Waals surface area contributed by atoms with Gasteiger partial charge in [-0.3, -0.25) is 13.9 Å². The first-order valence-corrected chi connectivity index (χ1v) is 15.9. The highest BCUT2D eigenvalue weighted by molar-refractivity contribution is 7.92. The zero-order chi connectivity index (χ0) is 30.7. The number of carbonyl (C=O) groups excluding carboxylic acids is 2. The minimum Gasteiger partial charge on any atom is -0.354 e. The minimum absolute atomic E-state index is 0.0299. The molecule has 0 aliphatic heterocycles. The Morgan fingerprint density at radius 1 is 0.905 bits per heavy atom. The third-order valence-corrected chi connectivity index (χ3v) is 8.07. The Balaban J connectivity index is 1.88. The number of amides is 2. The molecule has 3 rings (SSSR count). The molecule has 0 saturated heterocycles. The average molecular weight is 600 g/mol. The van der Waals surface area contributed by atoms with E-state index in [4.69, 9.17) is 0 Å². The van der Waals surface area contributed by atoms with Crippen molar-refractivity contribution in [3.05, 3.63) is 101 Å². The van der Waals surface area contributed by atoms with Gasteiger partial charge in [0.15, 0.2) is 11.6 Å². The van der Waals surface area contributed by atoms with Gasteiger partial charge in [0.2, 0.25) is 21.8 Å². The standard InChI is InChI=1S/C32H39F2N3O4S/c1-4-5-18-35-32(39)30(21-25-12-7-6-8-13-25)36(23-26-14-9-11-24(2)20-26)31(38)15-10-19-37(42(3,40)41)27-16-17-28(33)29(34)22-27/h6-9,11-14,16-17,20,22,30H,4-5,10,15,18-19,21,23H2,1-3H3,(H,35,39)/t30-/m1/s1. The van der Waals surface area contributed by atoms with Crippen LogP contribution in [0, 0.1) is 18.6 Å². The maximum Gasteiger partial charge on any atom is 0.243 e. The van der Waals surface area contributed by atoms with Crippen LogP contribution in [0.1, 0.15) is 49.3 Å². The van der Waals surface area contributed by atoms with Gasteiger partial charge in [0, 0.05) is 38.5 Å². The monoisotopic (exact) mass is 599 g/mol. The van der Waals surface area contributed by atoms with Crippen molar-refractivity contribution in [2.75, 3.05) is 23.7 Å². The molecule has 0 saturated carbocycles. The molecule has 0 aliphatic carbocycles. The molecule has 0 bridgehead atoms. The first-order chi connectivity index (χ1) is 20.0. The molecule has 226 valence electrons. The molecule has 1 atom stereocenters. The molecule has 0 spiro atoms. The number of anilines is 1. The van der Waals surface area contributed by atoms with Crippen LogP contribution in [-0.2, 0) is 32.6 Å². The van der Waals surface area contributed by atoms with Crippen molar-refractivity contribution in [3.8, 4) is 0 Å². The van der Waals surface area contributed by atoms with E-state index in [1.165, 1.54) is 6.07 Å². The first-order valence-electron chi connectivity index (χ1n) is 14.1. The van der Waals surface area contributed by atoms with E-state index in [0.29, 0.717) is 13.0 Å². The Morgan fingerprint density at radius 3 is 2.26 bits per heavy atom. The van der Waals surface area contributed by atoms with Crippen LogP contribution in [0.15, 0.2) is 72.8 Å². The maximum absolute atomic E-state index is 13.9. The first kappa shape index (κ1) is 32.7. The summed E-state index contributed by atoms with van der Waals surface area (Å²) in [4.78, 5) is 28.9. The lowest BCUT2D eigenvalue weighted by atomic mass is 10.0. The van der Waals surface area contributed by atoms with Crippen molar-refractivity contribution in [2.45, 2.75) is 58.5 Å². The van der Waals surface area contributed by atoms with Gasteiger partial charge in [-0.1, -0.05) is 73.5 Å². The lowest BCUT2D eigenvalue weighted by Crippen LogP contribution is -2.50. The normalized spacial score (nSPS) is 12.0. The minimum atomic E-state index is -3.85. The summed E-state index contributed by atoms with van der Waals surface area (Å²) in [5.74, 6) is -2.83. The Bertz CT molecular complexity index is 1450. The molecule has 0 radical (unpaired) electrons. The van der Waals surface area contributed by atoms with Crippen LogP contribution in [0.4, 0.5) is 14.5 Å². The van der Waals surface area contributed by atoms with Crippen molar-refractivity contribution < 1.29 is 26.8 Å². The van der Waals surface area contributed by atoms with Crippen LogP contribution in [0.2, 0.25) is 0 Å². The second-order valence-corrected chi connectivity index (χ2v) is 12.3. The average Bonchev–Trinajstić information content (AvgIpc) is 2.94. The fourth-order valence-electron chi connectivity index (χ4n) is 4.71. The summed E-state index contributed by atoms with van der Waals surface area (Å²) >= 11 is 0. The predicted octanol–water partition coefficient (Wildman–Crippen LogP) is 5.38. The van der Waals surface area contributed by atoms with Crippen molar-refractivity contribution in [2.24, 2.45) is 0 Å². The van der Waals surface area contributed by atoms with Crippen molar-refractivity contribution >= 4 is 27.5 Å². The molecule has 10 heteroatoms. The van der Waals surface area contributed by atoms with Crippen LogP contribution < -0.4 is 9.62 Å². The fourth-order valence-corrected chi connectivity index (χ4v) is 5.67. The smallest absolute Gasteiger partial charge is 0.243 e. The van der Waals surface area contributed by atoms with E-state index in [1.807, 2.05) is 68.4 Å². The number of benzene rings is 3. The van der Waals surface area contributed by atoms with E-state index in [1.54, 1.807) is 4.90 Å². The molecule has 3 aromatic carbocycles. The second-order valence-electron chi connectivity index (χ2n) is 10.4. The largest absolute Gasteiger partial charge is 0.354 e. The molecule has 0 fully saturated rings. The highest BCUT2D eigenvalue weighted by atomic mass is 32.2. The van der Waals surface area contributed by atoms with Crippen LogP contribution in [0.3, 0.4) is 0 Å². The van der Waals surface area contributed by atoms with Crippen molar-refractivity contribution in [3.63, 3.8) is 0 Å². The van der Waals surface area contributed by atoms with E-state index in [9.17, 15) is 26.8 Å². The molecule has 0 heterocycles. The molecular formula is C32H39F2N3O4S. The van der Waals surface area contributed by atoms with E-state index < -0.39 is 27.7 Å². The summed E-state index contributed by atoms with van der Waals surface area (Å²) in [6.07, 6.45) is 3.03. The number of halogens is 2. The van der Waals surface area contributed by atoms with Gasteiger partial charge in [0.05, 0.1) is 11.9 Å². The highest BCUT2D eigenvalue weighted by Crippen LogP contribution is 2.22. The second kappa shape index (κ2) is 15.4. The summed E-state index contributed by atoms with van der Waals surface area (Å²) in [6, 6.07) is 19.2. The molecule has 0 aliphatic rings. The van der Waals surface area contributed by atoms with Gasteiger partial charge >= 0.3 is 0 Å². The number of sulfonamides is 1. The van der Waals surface area contributed by atoms with Crippen LogP contribution in [0.5, 0.6) is 0 Å². The van der Waals surface area contributed by atoms with Gasteiger partial charge in [0.25, 0.3) is 0 Å². The van der Waals surface area contributed by atoms with Gasteiger partial charge in [-0.25, -0.2) is 17.2 Å². The van der Waals surface area contributed by atoms with Crippen molar-refractivity contribution in [1.82, 2.24) is 10.2 Å². The predicted molar refractivity (Wildman–Crippen MR) is 161 cm³/mol. The summed E-state index contributed by atoms with van der Waals surface area (Å²) in [5.41, 5.74) is 2.75. The molecule has 0 aromatic heterocycles. The van der Waals surface area contributed by atoms with E-state index in [-0.39, 0.29) is 43.4 Å². The van der Waals surface area contributed by atoms with Crippen LogP contribution in [-0.4, -0.2) is 50.5 Å². The molecule has 0 unspecified atom stereocenters. The lowest BCUT2D eigenvalue weighted by molar-refractivity contribution is -0.141. The summed E-state index contributed by atoms with van der Waals surface area (Å²) in [5, 5.41) is 2.98. The van der Waals surface area contributed by atoms with Crippen LogP contribution >= 0.6 is 0 Å². The third kappa shape index (κ3) is 9.65. The lowest BCUT2D eigenvalue weighted by Gasteiger charge is -2.32. The number of hydrogen-bond donors (Lipinski definition) is 1. The third-order valence-electron chi connectivity index (χ3n) is 6.88. The SMILES string of the molecule is CCCCNC(=O)[C@@H](Cc1ccccc1)N(Cc1cccc(C)c1)C(=O)CCCN(c1ccc(F)c(F)c1)S(C)(=O)=O. The van der Waals surface area contributed by atoms with E-state index in [0.717, 1.165) is 52.2 Å². The summed E-state index contributed by atoms with van der Waals surface area (Å²) < 4.78 is 53.3. The topological polar surface area (TPSA) is 86.8 Å². The summed E-state index contributed by atoms with van der Waals surface area (Å²) in [6.45, 7) is 4.54. The quantitative estimate of drug-likeness (QED) is 0.238. The zero-order valence-electron chi connectivity index (χ0n) is 24.4. The number of nitrogens with zero attached hydrogens (tertiary/aromatic N) is 2. The number of hydrogen-bond acceptors (Lipinski definition) is 4. The Morgan fingerprint density at radius 2 is 1.62 bits per heavy atom. The Labute approximate surface area is 247 Å². The van der Waals surface area contributed by atoms with E-state index >= 15 is 0 Å². The van der Waals surface area contributed by atoms with Gasteiger partial charge in [-0.15, -0.1) is 0 Å². The Hall–Kier alpha value is -3.79. The van der Waals surface area contributed by atoms with Crippen molar-refractivity contribution in [1.29, 1.82) is 0 Å². The van der Waals surface area contributed by atoms with Gasteiger partial charge in [-0.05, 0) is 43.0 Å². The number of rotatable bonds is 15. The molecule has 2 amide bonds. The number of carbonyl (C=O) groups is 2. The highest BCUT2D eigenvalue weighted by Gasteiger charge is 2.30. The molecule has 42 heavy (non-hydrogen) atoms. The van der Waals surface area contributed by atoms with Gasteiger partial charge < -0.3 is 10.2 Å². The van der Waals surface area contributed by atoms with Gasteiger partial charge in [0.1, 0.15) is 6.04 Å². The zero-order valence-corrected chi connectivity index (χ0v) is 25.2. The van der Waals surface area contributed by atoms with E-state index in [2.05, 4.69) is 5.32 Å². The maximum atomic E-state index is 13.9. The molecule has 1 N–H and O–H groups in total. The number of aryl methyl sites for hydroxylation is 1. The fraction of sp³-hybridized carbons (Fsp3) is 0.375. The Kier molecular flexibility index (Phi) is 12.0. The molecule has 3 aromatic rings. The molecule has 7 nitrogen and oxygen atoms in total. The number of nitrogens with one attached hydrogen (secondary N) is 1. The van der Waals surface area contributed by atoms with Gasteiger partial charge in [-0.2, -0.15) is 0 Å².